The Morgan fingerprint density at radius 1 is 1.20 bits per heavy atom. The summed E-state index contributed by atoms with van der Waals surface area (Å²) in [5.74, 6) is 0. The van der Waals surface area contributed by atoms with Gasteiger partial charge in [0.15, 0.2) is 5.60 Å². The van der Waals surface area contributed by atoms with Crippen LogP contribution in [0.2, 0.25) is 0 Å². The SMILES string of the molecule is CCC(CC(CC)(OP)C(F)(F)F)OP. The van der Waals surface area contributed by atoms with E-state index in [1.807, 2.05) is 9.47 Å². The van der Waals surface area contributed by atoms with E-state index in [4.69, 9.17) is 4.52 Å². The standard InChI is InChI=1S/C8H17F3O2P2/c1-3-6(12-14)5-7(4-2,13-15)8(9,10)11/h6H,3-5,14-15H2,1-2H3. The number of hydrogen-bond donors (Lipinski definition) is 0. The molecule has 0 spiro atoms. The van der Waals surface area contributed by atoms with Crippen LogP contribution in [0.25, 0.3) is 0 Å². The van der Waals surface area contributed by atoms with Gasteiger partial charge in [0.05, 0.1) is 6.10 Å². The lowest BCUT2D eigenvalue weighted by atomic mass is 9.92. The molecule has 0 aliphatic carbocycles. The third kappa shape index (κ3) is 3.81. The minimum atomic E-state index is -4.39. The van der Waals surface area contributed by atoms with Crippen LogP contribution >= 0.6 is 18.9 Å². The summed E-state index contributed by atoms with van der Waals surface area (Å²) in [6.07, 6.45) is -4.69. The van der Waals surface area contributed by atoms with Crippen molar-refractivity contribution in [2.75, 3.05) is 0 Å². The lowest BCUT2D eigenvalue weighted by molar-refractivity contribution is -0.253. The molecule has 0 N–H and O–H groups in total. The van der Waals surface area contributed by atoms with Gasteiger partial charge in [0.25, 0.3) is 0 Å². The van der Waals surface area contributed by atoms with Crippen LogP contribution in [-0.2, 0) is 9.05 Å². The van der Waals surface area contributed by atoms with E-state index in [-0.39, 0.29) is 12.8 Å². The molecule has 4 atom stereocenters. The molecule has 0 saturated heterocycles. The Morgan fingerprint density at radius 3 is 1.93 bits per heavy atom. The van der Waals surface area contributed by atoms with Crippen LogP contribution in [0.5, 0.6) is 0 Å². The predicted molar refractivity (Wildman–Crippen MR) is 59.4 cm³/mol. The quantitative estimate of drug-likeness (QED) is 0.684. The summed E-state index contributed by atoms with van der Waals surface area (Å²) in [7, 11) is 3.70. The summed E-state index contributed by atoms with van der Waals surface area (Å²) in [6.45, 7) is 3.22. The Balaban J connectivity index is 4.79. The van der Waals surface area contributed by atoms with Crippen molar-refractivity contribution in [3.05, 3.63) is 0 Å². The highest BCUT2D eigenvalue weighted by Gasteiger charge is 2.55. The highest BCUT2D eigenvalue weighted by Crippen LogP contribution is 2.42. The van der Waals surface area contributed by atoms with E-state index in [0.29, 0.717) is 6.42 Å². The number of hydrogen-bond acceptors (Lipinski definition) is 2. The minimum absolute atomic E-state index is 0.134. The number of alkyl halides is 3. The van der Waals surface area contributed by atoms with Crippen LogP contribution in [0, 0.1) is 0 Å². The van der Waals surface area contributed by atoms with Crippen LogP contribution < -0.4 is 0 Å². The van der Waals surface area contributed by atoms with Crippen molar-refractivity contribution in [3.63, 3.8) is 0 Å². The van der Waals surface area contributed by atoms with Crippen LogP contribution in [0.1, 0.15) is 33.1 Å². The van der Waals surface area contributed by atoms with E-state index in [0.717, 1.165) is 0 Å². The van der Waals surface area contributed by atoms with E-state index in [9.17, 15) is 13.2 Å². The van der Waals surface area contributed by atoms with Crippen LogP contribution in [-0.4, -0.2) is 17.9 Å². The van der Waals surface area contributed by atoms with E-state index in [1.54, 1.807) is 16.4 Å². The smallest absolute Gasteiger partial charge is 0.362 e. The third-order valence-corrected chi connectivity index (χ3v) is 3.35. The van der Waals surface area contributed by atoms with E-state index in [2.05, 4.69) is 4.52 Å². The normalized spacial score (nSPS) is 18.6. The molecule has 0 aliphatic heterocycles. The zero-order chi connectivity index (χ0) is 12.1. The van der Waals surface area contributed by atoms with Crippen molar-refractivity contribution in [3.8, 4) is 0 Å². The summed E-state index contributed by atoms with van der Waals surface area (Å²) in [6, 6.07) is 0. The van der Waals surface area contributed by atoms with Gasteiger partial charge in [0.1, 0.15) is 0 Å². The van der Waals surface area contributed by atoms with Gasteiger partial charge in [-0.3, -0.25) is 0 Å². The van der Waals surface area contributed by atoms with Crippen molar-refractivity contribution in [2.24, 2.45) is 0 Å². The largest absolute Gasteiger partial charge is 0.417 e. The molecule has 0 aromatic rings. The average molecular weight is 264 g/mol. The lowest BCUT2D eigenvalue weighted by Gasteiger charge is -2.35. The molecule has 0 heterocycles. The van der Waals surface area contributed by atoms with Crippen LogP contribution in [0.3, 0.4) is 0 Å². The predicted octanol–water partition coefficient (Wildman–Crippen LogP) is 3.48. The maximum Gasteiger partial charge on any atom is 0.417 e. The third-order valence-electron chi connectivity index (χ3n) is 2.52. The highest BCUT2D eigenvalue weighted by molar-refractivity contribution is 7.10. The maximum atomic E-state index is 12.8. The molecule has 0 aromatic carbocycles. The summed E-state index contributed by atoms with van der Waals surface area (Å²) < 4.78 is 47.9. The molecule has 0 aromatic heterocycles. The van der Waals surface area contributed by atoms with Crippen molar-refractivity contribution in [1.82, 2.24) is 0 Å². The first kappa shape index (κ1) is 15.6. The molecule has 0 radical (unpaired) electrons. The van der Waals surface area contributed by atoms with Crippen LogP contribution in [0.4, 0.5) is 13.2 Å². The Hall–Kier alpha value is 0.570. The van der Waals surface area contributed by atoms with E-state index < -0.39 is 17.9 Å². The van der Waals surface area contributed by atoms with Gasteiger partial charge in [-0.2, -0.15) is 13.2 Å². The Labute approximate surface area is 92.9 Å². The highest BCUT2D eigenvalue weighted by atomic mass is 31.0. The van der Waals surface area contributed by atoms with Gasteiger partial charge in [-0.15, -0.1) is 0 Å². The van der Waals surface area contributed by atoms with Gasteiger partial charge >= 0.3 is 6.18 Å². The molecule has 0 fully saturated rings. The Kier molecular flexibility index (Phi) is 6.58. The summed E-state index contributed by atoms with van der Waals surface area (Å²) in [5.41, 5.74) is -2.13. The molecule has 4 unspecified atom stereocenters. The molecular weight excluding hydrogens is 247 g/mol. The molecule has 0 amide bonds. The molecule has 0 saturated carbocycles. The van der Waals surface area contributed by atoms with Crippen molar-refractivity contribution < 1.29 is 22.2 Å². The molecule has 15 heavy (non-hydrogen) atoms. The first-order chi connectivity index (χ1) is 6.86. The lowest BCUT2D eigenvalue weighted by Crippen LogP contribution is -2.47. The molecule has 0 rings (SSSR count). The van der Waals surface area contributed by atoms with Gasteiger partial charge in [-0.1, -0.05) is 13.8 Å². The Bertz CT molecular complexity index is 179. The number of rotatable bonds is 6. The maximum absolute atomic E-state index is 12.8. The topological polar surface area (TPSA) is 18.5 Å². The molecular formula is C8H17F3O2P2. The van der Waals surface area contributed by atoms with Gasteiger partial charge in [-0.05, 0) is 12.8 Å². The molecule has 0 aliphatic rings. The molecule has 7 heteroatoms. The van der Waals surface area contributed by atoms with E-state index >= 15 is 0 Å². The first-order valence-electron chi connectivity index (χ1n) is 4.67. The van der Waals surface area contributed by atoms with Gasteiger partial charge < -0.3 is 9.05 Å². The van der Waals surface area contributed by atoms with Crippen molar-refractivity contribution in [2.45, 2.75) is 51.0 Å². The fraction of sp³-hybridized carbons (Fsp3) is 1.00. The second-order valence-electron chi connectivity index (χ2n) is 3.33. The zero-order valence-electron chi connectivity index (χ0n) is 8.80. The van der Waals surface area contributed by atoms with Crippen molar-refractivity contribution in [1.29, 1.82) is 0 Å². The number of halogens is 3. The van der Waals surface area contributed by atoms with E-state index in [1.165, 1.54) is 6.92 Å². The molecule has 92 valence electrons. The fourth-order valence-corrected chi connectivity index (χ4v) is 2.00. The monoisotopic (exact) mass is 264 g/mol. The average Bonchev–Trinajstić information content (AvgIpc) is 2.19. The Morgan fingerprint density at radius 2 is 1.73 bits per heavy atom. The summed E-state index contributed by atoms with van der Waals surface area (Å²) >= 11 is 0. The van der Waals surface area contributed by atoms with Crippen molar-refractivity contribution >= 4 is 18.9 Å². The molecule has 2 nitrogen and oxygen atoms in total. The molecule has 0 bridgehead atoms. The first-order valence-corrected chi connectivity index (χ1v) is 5.61. The fourth-order valence-electron chi connectivity index (χ4n) is 1.32. The second-order valence-corrected chi connectivity index (χ2v) is 3.84. The van der Waals surface area contributed by atoms with Gasteiger partial charge in [-0.25, -0.2) is 0 Å². The zero-order valence-corrected chi connectivity index (χ0v) is 11.1. The van der Waals surface area contributed by atoms with Crippen LogP contribution in [0.15, 0.2) is 0 Å². The summed E-state index contributed by atoms with van der Waals surface area (Å²) in [5, 5.41) is 0. The van der Waals surface area contributed by atoms with Gasteiger partial charge in [0, 0.05) is 25.4 Å². The van der Waals surface area contributed by atoms with Gasteiger partial charge in [0.2, 0.25) is 0 Å². The second kappa shape index (κ2) is 6.34. The minimum Gasteiger partial charge on any atom is -0.362 e. The summed E-state index contributed by atoms with van der Waals surface area (Å²) in [4.78, 5) is 0.